The predicted molar refractivity (Wildman–Crippen MR) is 133 cm³/mol. The Bertz CT molecular complexity index is 1120. The molecule has 1 fully saturated rings. The van der Waals surface area contributed by atoms with Crippen molar-refractivity contribution >= 4 is 52.0 Å². The fraction of sp³-hybridized carbons (Fsp3) is 0.333. The van der Waals surface area contributed by atoms with Gasteiger partial charge in [0.25, 0.3) is 5.91 Å². The molecule has 1 saturated carbocycles. The zero-order valence-corrected chi connectivity index (χ0v) is 19.6. The molecule has 172 valence electrons. The molecule has 2 aromatic heterocycles. The molecule has 1 aromatic carbocycles. The summed E-state index contributed by atoms with van der Waals surface area (Å²) in [4.78, 5) is 34.0. The van der Waals surface area contributed by atoms with Crippen LogP contribution in [0.4, 0.5) is 28.8 Å². The van der Waals surface area contributed by atoms with Crippen molar-refractivity contribution in [3.63, 3.8) is 0 Å². The number of hydrogen-bond acceptors (Lipinski definition) is 7. The van der Waals surface area contributed by atoms with Gasteiger partial charge in [0.1, 0.15) is 10.7 Å². The van der Waals surface area contributed by atoms with Crippen molar-refractivity contribution in [3.05, 3.63) is 52.3 Å². The van der Waals surface area contributed by atoms with Crippen molar-refractivity contribution in [2.45, 2.75) is 39.0 Å². The number of hydrogen-bond donors (Lipinski definition) is 4. The van der Waals surface area contributed by atoms with Crippen LogP contribution in [0.5, 0.6) is 0 Å². The molecule has 3 aromatic rings. The topological polar surface area (TPSA) is 108 Å². The molecule has 0 aliphatic heterocycles. The van der Waals surface area contributed by atoms with E-state index in [1.54, 1.807) is 13.2 Å². The lowest BCUT2D eigenvalue weighted by Crippen LogP contribution is -2.24. The maximum absolute atomic E-state index is 12.5. The molecule has 0 bridgehead atoms. The van der Waals surface area contributed by atoms with Crippen LogP contribution in [0.1, 0.15) is 47.3 Å². The lowest BCUT2D eigenvalue weighted by Gasteiger charge is -2.20. The van der Waals surface area contributed by atoms with Gasteiger partial charge in [0, 0.05) is 36.1 Å². The van der Waals surface area contributed by atoms with Gasteiger partial charge in [-0.1, -0.05) is 19.3 Å². The molecule has 0 spiro atoms. The van der Waals surface area contributed by atoms with Crippen molar-refractivity contribution in [2.75, 3.05) is 23.0 Å². The summed E-state index contributed by atoms with van der Waals surface area (Å²) in [6.07, 6.45) is 7.17. The molecule has 8 nitrogen and oxygen atoms in total. The average molecular weight is 465 g/mol. The Labute approximate surface area is 197 Å². The van der Waals surface area contributed by atoms with Crippen molar-refractivity contribution in [2.24, 2.45) is 5.92 Å². The maximum atomic E-state index is 12.5. The molecule has 0 atom stereocenters. The Kier molecular flexibility index (Phi) is 7.19. The Balaban J connectivity index is 1.41. The number of benzene rings is 1. The summed E-state index contributed by atoms with van der Waals surface area (Å²) in [7, 11) is 1.61. The van der Waals surface area contributed by atoms with Crippen LogP contribution in [-0.2, 0) is 4.79 Å². The number of thiophene rings is 1. The van der Waals surface area contributed by atoms with Gasteiger partial charge in [0.2, 0.25) is 11.9 Å². The summed E-state index contributed by atoms with van der Waals surface area (Å²) in [5.41, 5.74) is 3.14. The highest BCUT2D eigenvalue weighted by Gasteiger charge is 2.21. The van der Waals surface area contributed by atoms with Gasteiger partial charge in [-0.2, -0.15) is 4.98 Å². The van der Waals surface area contributed by atoms with Crippen LogP contribution in [0, 0.1) is 12.8 Å². The lowest BCUT2D eigenvalue weighted by molar-refractivity contribution is -0.120. The normalized spacial score (nSPS) is 13.9. The summed E-state index contributed by atoms with van der Waals surface area (Å²) in [6, 6.07) is 9.36. The van der Waals surface area contributed by atoms with Crippen LogP contribution in [0.15, 0.2) is 41.9 Å². The highest BCUT2D eigenvalue weighted by Crippen LogP contribution is 2.28. The minimum absolute atomic E-state index is 0.109. The van der Waals surface area contributed by atoms with Gasteiger partial charge in [0.05, 0.1) is 5.69 Å². The summed E-state index contributed by atoms with van der Waals surface area (Å²) >= 11 is 1.37. The van der Waals surface area contributed by atoms with E-state index >= 15 is 0 Å². The zero-order chi connectivity index (χ0) is 23.2. The fourth-order valence-electron chi connectivity index (χ4n) is 3.83. The first-order chi connectivity index (χ1) is 16.0. The van der Waals surface area contributed by atoms with Crippen LogP contribution in [0.25, 0.3) is 0 Å². The van der Waals surface area contributed by atoms with E-state index in [2.05, 4.69) is 31.2 Å². The number of nitrogens with zero attached hydrogens (tertiary/aromatic N) is 2. The molecule has 1 aliphatic carbocycles. The number of anilines is 5. The maximum Gasteiger partial charge on any atom is 0.263 e. The summed E-state index contributed by atoms with van der Waals surface area (Å²) < 4.78 is 0. The van der Waals surface area contributed by atoms with E-state index in [0.29, 0.717) is 22.3 Å². The van der Waals surface area contributed by atoms with E-state index in [4.69, 9.17) is 0 Å². The van der Waals surface area contributed by atoms with Crippen molar-refractivity contribution < 1.29 is 9.59 Å². The summed E-state index contributed by atoms with van der Waals surface area (Å²) in [5.74, 6) is 1.13. The van der Waals surface area contributed by atoms with Crippen LogP contribution in [-0.4, -0.2) is 28.8 Å². The third-order valence-electron chi connectivity index (χ3n) is 5.71. The first kappa shape index (κ1) is 22.7. The van der Waals surface area contributed by atoms with Gasteiger partial charge in [-0.25, -0.2) is 4.98 Å². The minimum Gasteiger partial charge on any atom is -0.354 e. The van der Waals surface area contributed by atoms with Gasteiger partial charge in [-0.3, -0.25) is 9.59 Å². The highest BCUT2D eigenvalue weighted by atomic mass is 32.1. The monoisotopic (exact) mass is 464 g/mol. The second-order valence-electron chi connectivity index (χ2n) is 8.12. The largest absolute Gasteiger partial charge is 0.354 e. The average Bonchev–Trinajstić information content (AvgIpc) is 3.30. The van der Waals surface area contributed by atoms with Crippen molar-refractivity contribution in [1.29, 1.82) is 0 Å². The number of nitrogens with one attached hydrogen (secondary N) is 4. The molecule has 0 saturated heterocycles. The number of aryl methyl sites for hydroxylation is 1. The number of carbonyl (C=O) groups excluding carboxylic acids is 2. The Morgan fingerprint density at radius 2 is 1.73 bits per heavy atom. The molecular formula is C24H28N6O2S. The van der Waals surface area contributed by atoms with Crippen LogP contribution in [0.3, 0.4) is 0 Å². The molecule has 1 aliphatic rings. The molecule has 4 N–H and O–H groups in total. The van der Waals surface area contributed by atoms with E-state index in [0.717, 1.165) is 42.6 Å². The van der Waals surface area contributed by atoms with Gasteiger partial charge in [-0.05, 0) is 55.5 Å². The van der Waals surface area contributed by atoms with Crippen LogP contribution in [0.2, 0.25) is 0 Å². The molecule has 0 radical (unpaired) electrons. The number of rotatable bonds is 7. The predicted octanol–water partition coefficient (Wildman–Crippen LogP) is 5.21. The Hall–Kier alpha value is -3.46. The second kappa shape index (κ2) is 10.4. The number of carbonyl (C=O) groups is 2. The smallest absolute Gasteiger partial charge is 0.263 e. The lowest BCUT2D eigenvalue weighted by atomic mass is 9.88. The molecular weight excluding hydrogens is 436 g/mol. The zero-order valence-electron chi connectivity index (χ0n) is 18.8. The van der Waals surface area contributed by atoms with E-state index in [1.807, 2.05) is 42.6 Å². The molecule has 33 heavy (non-hydrogen) atoms. The Morgan fingerprint density at radius 1 is 1.00 bits per heavy atom. The van der Waals surface area contributed by atoms with Gasteiger partial charge in [0.15, 0.2) is 0 Å². The highest BCUT2D eigenvalue weighted by molar-refractivity contribution is 7.12. The van der Waals surface area contributed by atoms with Gasteiger partial charge in [-0.15, -0.1) is 11.3 Å². The molecule has 4 rings (SSSR count). The quantitative estimate of drug-likeness (QED) is 0.382. The van der Waals surface area contributed by atoms with Gasteiger partial charge >= 0.3 is 0 Å². The molecule has 0 unspecified atom stereocenters. The van der Waals surface area contributed by atoms with Crippen molar-refractivity contribution in [3.8, 4) is 0 Å². The van der Waals surface area contributed by atoms with Gasteiger partial charge < -0.3 is 21.3 Å². The molecule has 2 amide bonds. The second-order valence-corrected chi connectivity index (χ2v) is 9.04. The summed E-state index contributed by atoms with van der Waals surface area (Å²) in [5, 5.41) is 14.0. The van der Waals surface area contributed by atoms with Crippen LogP contribution < -0.4 is 21.3 Å². The first-order valence-corrected chi connectivity index (χ1v) is 12.0. The summed E-state index contributed by atoms with van der Waals surface area (Å²) in [6.45, 7) is 1.90. The third kappa shape index (κ3) is 5.67. The Morgan fingerprint density at radius 3 is 2.45 bits per heavy atom. The van der Waals surface area contributed by atoms with E-state index in [9.17, 15) is 9.59 Å². The molecule has 2 heterocycles. The minimum atomic E-state index is -0.145. The van der Waals surface area contributed by atoms with E-state index in [-0.39, 0.29) is 17.7 Å². The first-order valence-electron chi connectivity index (χ1n) is 11.1. The van der Waals surface area contributed by atoms with Crippen LogP contribution >= 0.6 is 11.3 Å². The van der Waals surface area contributed by atoms with Crippen molar-refractivity contribution in [1.82, 2.24) is 15.3 Å². The number of aromatic nitrogens is 2. The standard InChI is InChI=1S/C24H28N6O2S/c1-15-14-26-24(30-21(15)29-19-12-13-33-20(19)23(32)25-2)28-18-10-8-17(9-11-18)27-22(31)16-6-4-3-5-7-16/h8-14,16H,3-7H2,1-2H3,(H,25,32)(H,27,31)(H2,26,28,29,30). The third-order valence-corrected chi connectivity index (χ3v) is 6.62. The fourth-order valence-corrected chi connectivity index (χ4v) is 4.62. The molecule has 9 heteroatoms. The van der Waals surface area contributed by atoms with E-state index in [1.165, 1.54) is 17.8 Å². The SMILES string of the molecule is CNC(=O)c1sccc1Nc1nc(Nc2ccc(NC(=O)C3CCCCC3)cc2)ncc1C. The number of amides is 2. The van der Waals surface area contributed by atoms with E-state index < -0.39 is 0 Å².